The van der Waals surface area contributed by atoms with E-state index >= 15 is 0 Å². The highest BCUT2D eigenvalue weighted by molar-refractivity contribution is 9.10. The van der Waals surface area contributed by atoms with Crippen LogP contribution in [0.25, 0.3) is 0 Å². The third kappa shape index (κ3) is 3.13. The summed E-state index contributed by atoms with van der Waals surface area (Å²) in [5.74, 6) is 0.0388. The molecule has 0 saturated heterocycles. The van der Waals surface area contributed by atoms with Crippen LogP contribution in [0.2, 0.25) is 0 Å². The number of hydrogen-bond acceptors (Lipinski definition) is 2. The van der Waals surface area contributed by atoms with Gasteiger partial charge in [-0.2, -0.15) is 8.78 Å². The largest absolute Gasteiger partial charge is 0.431 e. The average molecular weight is 238 g/mol. The number of rotatable bonds is 2. The Balaban J connectivity index is 2.77. The fourth-order valence-electron chi connectivity index (χ4n) is 0.655. The molecule has 0 spiro atoms. The number of pyridine rings is 1. The van der Waals surface area contributed by atoms with Crippen LogP contribution in [-0.2, 0) is 0 Å². The van der Waals surface area contributed by atoms with E-state index in [1.165, 1.54) is 18.5 Å². The molecule has 0 aliphatic carbocycles. The zero-order valence-electron chi connectivity index (χ0n) is 6.22. The topological polar surface area (TPSA) is 22.1 Å². The molecule has 5 heteroatoms. The highest BCUT2D eigenvalue weighted by Gasteiger charge is 2.23. The van der Waals surface area contributed by atoms with Crippen LogP contribution in [0.5, 0.6) is 5.75 Å². The molecule has 0 atom stereocenters. The Kier molecular flexibility index (Phi) is 2.62. The van der Waals surface area contributed by atoms with Crippen LogP contribution in [0.4, 0.5) is 8.78 Å². The first-order valence-electron chi connectivity index (χ1n) is 3.15. The zero-order chi connectivity index (χ0) is 9.19. The van der Waals surface area contributed by atoms with Gasteiger partial charge in [0, 0.05) is 17.6 Å². The van der Waals surface area contributed by atoms with E-state index in [1.807, 2.05) is 0 Å². The number of aromatic nitrogens is 1. The lowest BCUT2D eigenvalue weighted by molar-refractivity contribution is -0.159. The Morgan fingerprint density at radius 3 is 2.67 bits per heavy atom. The smallest absolute Gasteiger partial charge is 0.394 e. The van der Waals surface area contributed by atoms with Gasteiger partial charge in [-0.25, -0.2) is 0 Å². The lowest BCUT2D eigenvalue weighted by Gasteiger charge is -2.12. The summed E-state index contributed by atoms with van der Waals surface area (Å²) in [7, 11) is 0. The van der Waals surface area contributed by atoms with Gasteiger partial charge >= 0.3 is 6.11 Å². The maximum Gasteiger partial charge on any atom is 0.394 e. The first-order chi connectivity index (χ1) is 5.47. The Morgan fingerprint density at radius 2 is 2.17 bits per heavy atom. The summed E-state index contributed by atoms with van der Waals surface area (Å²) < 4.78 is 29.4. The number of ether oxygens (including phenoxy) is 1. The number of halogens is 3. The molecule has 2 nitrogen and oxygen atoms in total. The lowest BCUT2D eigenvalue weighted by atomic mass is 10.5. The third-order valence-corrected chi connectivity index (χ3v) is 1.41. The molecule has 1 heterocycles. The van der Waals surface area contributed by atoms with E-state index in [9.17, 15) is 8.78 Å². The third-order valence-electron chi connectivity index (χ3n) is 0.977. The summed E-state index contributed by atoms with van der Waals surface area (Å²) in [4.78, 5) is 3.66. The molecule has 0 N–H and O–H groups in total. The zero-order valence-corrected chi connectivity index (χ0v) is 7.81. The van der Waals surface area contributed by atoms with Gasteiger partial charge in [0.05, 0.1) is 6.20 Å². The van der Waals surface area contributed by atoms with Crippen LogP contribution in [0, 0.1) is 0 Å². The Bertz CT molecular complexity index is 274. The van der Waals surface area contributed by atoms with Crippen molar-refractivity contribution in [1.82, 2.24) is 4.98 Å². The van der Waals surface area contributed by atoms with E-state index in [0.29, 0.717) is 11.4 Å². The van der Waals surface area contributed by atoms with Crippen LogP contribution in [-0.4, -0.2) is 11.1 Å². The second-order valence-electron chi connectivity index (χ2n) is 2.25. The summed E-state index contributed by atoms with van der Waals surface area (Å²) in [5, 5.41) is 0. The summed E-state index contributed by atoms with van der Waals surface area (Å²) in [6, 6.07) is 1.42. The summed E-state index contributed by atoms with van der Waals surface area (Å²) in [5.41, 5.74) is 0. The fourth-order valence-corrected chi connectivity index (χ4v) is 0.999. The van der Waals surface area contributed by atoms with Crippen molar-refractivity contribution in [3.05, 3.63) is 22.9 Å². The Labute approximate surface area is 76.7 Å². The SMILES string of the molecule is CC(F)(F)Oc1cncc(Br)c1. The van der Waals surface area contributed by atoms with Gasteiger partial charge in [0.2, 0.25) is 0 Å². The van der Waals surface area contributed by atoms with E-state index < -0.39 is 6.11 Å². The molecule has 0 amide bonds. The van der Waals surface area contributed by atoms with Crippen LogP contribution in [0.1, 0.15) is 6.92 Å². The molecule has 0 unspecified atom stereocenters. The molecule has 0 saturated carbocycles. The van der Waals surface area contributed by atoms with E-state index in [1.54, 1.807) is 0 Å². The first-order valence-corrected chi connectivity index (χ1v) is 3.94. The molecule has 0 radical (unpaired) electrons. The quantitative estimate of drug-likeness (QED) is 0.790. The molecular formula is C7H6BrF2NO. The second kappa shape index (κ2) is 3.35. The first kappa shape index (κ1) is 9.38. The Hall–Kier alpha value is -0.710. The van der Waals surface area contributed by atoms with Gasteiger partial charge in [0.25, 0.3) is 0 Å². The van der Waals surface area contributed by atoms with Crippen molar-refractivity contribution in [1.29, 1.82) is 0 Å². The van der Waals surface area contributed by atoms with E-state index in [-0.39, 0.29) is 5.75 Å². The van der Waals surface area contributed by atoms with E-state index in [0.717, 1.165) is 0 Å². The predicted molar refractivity (Wildman–Crippen MR) is 43.2 cm³/mol. The fraction of sp³-hybridized carbons (Fsp3) is 0.286. The minimum Gasteiger partial charge on any atom is -0.431 e. The highest BCUT2D eigenvalue weighted by Crippen LogP contribution is 2.22. The van der Waals surface area contributed by atoms with Gasteiger partial charge in [0.15, 0.2) is 0 Å². The van der Waals surface area contributed by atoms with Crippen molar-refractivity contribution < 1.29 is 13.5 Å². The van der Waals surface area contributed by atoms with Crippen LogP contribution in [0.15, 0.2) is 22.9 Å². The molecular weight excluding hydrogens is 232 g/mol. The summed E-state index contributed by atoms with van der Waals surface area (Å²) in [6.07, 6.45) is -0.453. The van der Waals surface area contributed by atoms with Gasteiger partial charge in [-0.15, -0.1) is 0 Å². The second-order valence-corrected chi connectivity index (χ2v) is 3.16. The molecule has 66 valence electrons. The molecule has 0 aromatic carbocycles. The van der Waals surface area contributed by atoms with Crippen molar-refractivity contribution in [2.24, 2.45) is 0 Å². The lowest BCUT2D eigenvalue weighted by Crippen LogP contribution is -2.19. The molecule has 12 heavy (non-hydrogen) atoms. The van der Waals surface area contributed by atoms with Gasteiger partial charge in [0.1, 0.15) is 5.75 Å². The van der Waals surface area contributed by atoms with Crippen molar-refractivity contribution in [3.8, 4) is 5.75 Å². The minimum absolute atomic E-state index is 0.0388. The molecule has 0 aliphatic rings. The van der Waals surface area contributed by atoms with Crippen molar-refractivity contribution >= 4 is 15.9 Å². The van der Waals surface area contributed by atoms with E-state index in [4.69, 9.17) is 0 Å². The maximum absolute atomic E-state index is 12.3. The van der Waals surface area contributed by atoms with Crippen molar-refractivity contribution in [2.45, 2.75) is 13.0 Å². The molecule has 1 aromatic heterocycles. The van der Waals surface area contributed by atoms with Crippen LogP contribution in [0.3, 0.4) is 0 Å². The van der Waals surface area contributed by atoms with Crippen LogP contribution >= 0.6 is 15.9 Å². The number of alkyl halides is 2. The standard InChI is InChI=1S/C7H6BrF2NO/c1-7(9,10)12-6-2-5(8)3-11-4-6/h2-4H,1H3. The molecule has 0 bridgehead atoms. The molecule has 0 fully saturated rings. The van der Waals surface area contributed by atoms with Crippen LogP contribution < -0.4 is 4.74 Å². The average Bonchev–Trinajstić information content (AvgIpc) is 1.82. The van der Waals surface area contributed by atoms with Crippen molar-refractivity contribution in [2.75, 3.05) is 0 Å². The number of nitrogens with zero attached hydrogens (tertiary/aromatic N) is 1. The highest BCUT2D eigenvalue weighted by atomic mass is 79.9. The van der Waals surface area contributed by atoms with Gasteiger partial charge < -0.3 is 4.74 Å². The minimum atomic E-state index is -3.16. The maximum atomic E-state index is 12.3. The molecule has 1 aromatic rings. The molecule has 0 aliphatic heterocycles. The van der Waals surface area contributed by atoms with Gasteiger partial charge in [-0.3, -0.25) is 4.98 Å². The van der Waals surface area contributed by atoms with Gasteiger partial charge in [-0.05, 0) is 22.0 Å². The number of hydrogen-bond donors (Lipinski definition) is 0. The predicted octanol–water partition coefficient (Wildman–Crippen LogP) is 2.84. The van der Waals surface area contributed by atoms with E-state index in [2.05, 4.69) is 25.7 Å². The van der Waals surface area contributed by atoms with Gasteiger partial charge in [-0.1, -0.05) is 0 Å². The molecule has 1 rings (SSSR count). The summed E-state index contributed by atoms with van der Waals surface area (Å²) in [6.45, 7) is 0.675. The Morgan fingerprint density at radius 1 is 1.50 bits per heavy atom. The normalized spacial score (nSPS) is 11.3. The van der Waals surface area contributed by atoms with Crippen molar-refractivity contribution in [3.63, 3.8) is 0 Å². The summed E-state index contributed by atoms with van der Waals surface area (Å²) >= 11 is 3.08. The monoisotopic (exact) mass is 237 g/mol.